The third-order valence-electron chi connectivity index (χ3n) is 8.71. The molecular formula is C42H36Br3N6+3. The van der Waals surface area contributed by atoms with Crippen LogP contribution >= 0.6 is 47.8 Å². The van der Waals surface area contributed by atoms with Crippen molar-refractivity contribution in [2.45, 2.75) is 35.6 Å². The standard InChI is InChI=1S/C42H36Br3N6/c43-25-31-1-7-34(8-2-31)28-49-19-13-37(14-20-49)40-46-41(38-15-21-50(22-16-38)29-35-9-3-32(26-44)4-10-35)48-42(47-40)39-17-23-51(24-18-39)30-36-11-5-33(27-45)6-12-36/h1-24H,25-30H2/q+3. The Morgan fingerprint density at radius 1 is 0.314 bits per heavy atom. The average molecular weight is 865 g/mol. The number of halogens is 3. The molecule has 0 saturated heterocycles. The van der Waals surface area contributed by atoms with Gasteiger partial charge in [-0.05, 0) is 16.7 Å². The van der Waals surface area contributed by atoms with E-state index in [4.69, 9.17) is 15.0 Å². The van der Waals surface area contributed by atoms with Crippen molar-refractivity contribution in [1.82, 2.24) is 15.0 Å². The molecule has 0 aliphatic carbocycles. The van der Waals surface area contributed by atoms with Gasteiger partial charge in [0.1, 0.15) is 0 Å². The van der Waals surface area contributed by atoms with Gasteiger partial charge in [-0.25, -0.2) is 28.7 Å². The minimum absolute atomic E-state index is 0.635. The minimum Gasteiger partial charge on any atom is -0.208 e. The second kappa shape index (κ2) is 16.7. The molecule has 0 aliphatic rings. The van der Waals surface area contributed by atoms with Gasteiger partial charge < -0.3 is 0 Å². The molecule has 6 nitrogen and oxygen atoms in total. The van der Waals surface area contributed by atoms with Crippen LogP contribution in [0.25, 0.3) is 34.2 Å². The average Bonchev–Trinajstić information content (AvgIpc) is 3.19. The summed E-state index contributed by atoms with van der Waals surface area (Å²) in [4.78, 5) is 15.0. The van der Waals surface area contributed by atoms with Crippen LogP contribution in [0.15, 0.2) is 146 Å². The molecule has 0 amide bonds. The summed E-state index contributed by atoms with van der Waals surface area (Å²) in [6.07, 6.45) is 12.5. The van der Waals surface area contributed by atoms with Crippen molar-refractivity contribution < 1.29 is 13.7 Å². The van der Waals surface area contributed by atoms with Gasteiger partial charge in [-0.1, -0.05) is 121 Å². The molecule has 4 aromatic heterocycles. The van der Waals surface area contributed by atoms with Crippen molar-refractivity contribution in [3.8, 4) is 34.2 Å². The number of benzene rings is 3. The molecule has 0 N–H and O–H groups in total. The van der Waals surface area contributed by atoms with Crippen LogP contribution in [0.2, 0.25) is 0 Å². The molecule has 4 heterocycles. The van der Waals surface area contributed by atoms with Crippen molar-refractivity contribution in [3.63, 3.8) is 0 Å². The van der Waals surface area contributed by atoms with Gasteiger partial charge >= 0.3 is 0 Å². The molecule has 0 radical (unpaired) electrons. The summed E-state index contributed by atoms with van der Waals surface area (Å²) in [5.74, 6) is 1.91. The molecule has 0 saturated carbocycles. The topological polar surface area (TPSA) is 50.3 Å². The first kappa shape index (κ1) is 35.0. The summed E-state index contributed by atoms with van der Waals surface area (Å²) in [5.41, 5.74) is 10.3. The summed E-state index contributed by atoms with van der Waals surface area (Å²) < 4.78 is 6.51. The number of hydrogen-bond donors (Lipinski definition) is 0. The van der Waals surface area contributed by atoms with E-state index in [1.807, 2.05) is 0 Å². The largest absolute Gasteiger partial charge is 0.208 e. The van der Waals surface area contributed by atoms with Crippen LogP contribution in [0.5, 0.6) is 0 Å². The Morgan fingerprint density at radius 3 is 0.745 bits per heavy atom. The second-order valence-electron chi connectivity index (χ2n) is 12.4. The van der Waals surface area contributed by atoms with Crippen molar-refractivity contribution in [2.24, 2.45) is 0 Å². The maximum absolute atomic E-state index is 4.99. The summed E-state index contributed by atoms with van der Waals surface area (Å²) in [6, 6.07) is 38.5. The lowest BCUT2D eigenvalue weighted by molar-refractivity contribution is -0.688. The number of aromatic nitrogens is 6. The zero-order chi connectivity index (χ0) is 35.0. The van der Waals surface area contributed by atoms with Gasteiger partial charge in [0.2, 0.25) is 0 Å². The Kier molecular flexibility index (Phi) is 11.5. The van der Waals surface area contributed by atoms with Gasteiger partial charge in [0.25, 0.3) is 0 Å². The summed E-state index contributed by atoms with van der Waals surface area (Å²) >= 11 is 10.6. The number of alkyl halides is 3. The zero-order valence-electron chi connectivity index (χ0n) is 27.9. The number of hydrogen-bond acceptors (Lipinski definition) is 3. The quantitative estimate of drug-likeness (QED) is 0.0915. The Morgan fingerprint density at radius 2 is 0.529 bits per heavy atom. The monoisotopic (exact) mass is 861 g/mol. The van der Waals surface area contributed by atoms with E-state index in [1.165, 1.54) is 33.4 Å². The fraction of sp³-hybridized carbons (Fsp3) is 0.143. The van der Waals surface area contributed by atoms with Gasteiger partial charge in [-0.15, -0.1) is 0 Å². The first-order valence-corrected chi connectivity index (χ1v) is 20.1. The van der Waals surface area contributed by atoms with E-state index >= 15 is 0 Å². The van der Waals surface area contributed by atoms with E-state index in [9.17, 15) is 0 Å². The molecule has 51 heavy (non-hydrogen) atoms. The van der Waals surface area contributed by atoms with Crippen molar-refractivity contribution >= 4 is 47.8 Å². The SMILES string of the molecule is BrCc1ccc(C[n+]2ccc(-c3nc(-c4cc[n+](Cc5ccc(CBr)cc5)cc4)nc(-c4cc[n+](Cc5ccc(CBr)cc5)cc4)n3)cc2)cc1. The van der Waals surface area contributed by atoms with E-state index < -0.39 is 0 Å². The Labute approximate surface area is 324 Å². The lowest BCUT2D eigenvalue weighted by Crippen LogP contribution is -2.33. The summed E-state index contributed by atoms with van der Waals surface area (Å²) in [7, 11) is 0. The molecular weight excluding hydrogens is 828 g/mol. The van der Waals surface area contributed by atoms with E-state index in [-0.39, 0.29) is 0 Å². The number of rotatable bonds is 12. The van der Waals surface area contributed by atoms with E-state index in [0.717, 1.165) is 52.3 Å². The van der Waals surface area contributed by atoms with Crippen LogP contribution in [0.4, 0.5) is 0 Å². The fourth-order valence-electron chi connectivity index (χ4n) is 5.73. The molecule has 0 bridgehead atoms. The molecule has 0 spiro atoms. The van der Waals surface area contributed by atoms with Crippen molar-refractivity contribution in [2.75, 3.05) is 0 Å². The van der Waals surface area contributed by atoms with Gasteiger partial charge in [0, 0.05) is 85.8 Å². The predicted molar refractivity (Wildman–Crippen MR) is 211 cm³/mol. The minimum atomic E-state index is 0.635. The maximum atomic E-state index is 4.99. The highest BCUT2D eigenvalue weighted by molar-refractivity contribution is 9.09. The fourth-order valence-corrected chi connectivity index (χ4v) is 6.85. The zero-order valence-corrected chi connectivity index (χ0v) is 32.7. The maximum Gasteiger partial charge on any atom is 0.173 e. The third-order valence-corrected chi connectivity index (χ3v) is 10.7. The van der Waals surface area contributed by atoms with Crippen molar-refractivity contribution in [1.29, 1.82) is 0 Å². The van der Waals surface area contributed by atoms with Crippen LogP contribution in [0, 0.1) is 0 Å². The van der Waals surface area contributed by atoms with Crippen LogP contribution in [0.3, 0.4) is 0 Å². The number of nitrogens with zero attached hydrogens (tertiary/aromatic N) is 6. The first-order valence-electron chi connectivity index (χ1n) is 16.7. The molecule has 0 aliphatic heterocycles. The molecule has 0 fully saturated rings. The van der Waals surface area contributed by atoms with E-state index in [1.54, 1.807) is 0 Å². The van der Waals surface area contributed by atoms with Crippen LogP contribution in [0.1, 0.15) is 33.4 Å². The molecule has 7 aromatic rings. The van der Waals surface area contributed by atoms with E-state index in [2.05, 4.69) is 208 Å². The summed E-state index contributed by atoms with van der Waals surface area (Å²) in [5, 5.41) is 2.57. The van der Waals surface area contributed by atoms with Gasteiger partial charge in [-0.3, -0.25) is 0 Å². The second-order valence-corrected chi connectivity index (χ2v) is 14.1. The van der Waals surface area contributed by atoms with Gasteiger partial charge in [0.05, 0.1) is 0 Å². The Bertz CT molecular complexity index is 1920. The molecule has 0 unspecified atom stereocenters. The predicted octanol–water partition coefficient (Wildman–Crippen LogP) is 8.56. The highest BCUT2D eigenvalue weighted by Crippen LogP contribution is 2.24. The van der Waals surface area contributed by atoms with Crippen LogP contribution in [-0.2, 0) is 35.6 Å². The molecule has 0 atom stereocenters. The highest BCUT2D eigenvalue weighted by atomic mass is 79.9. The Balaban J connectivity index is 1.17. The van der Waals surface area contributed by atoms with Crippen molar-refractivity contribution in [3.05, 3.63) is 180 Å². The van der Waals surface area contributed by atoms with Crippen LogP contribution < -0.4 is 13.7 Å². The molecule has 252 valence electrons. The first-order chi connectivity index (χ1) is 25.0. The van der Waals surface area contributed by atoms with E-state index in [0.29, 0.717) is 17.5 Å². The lowest BCUT2D eigenvalue weighted by atomic mass is 10.1. The Hall–Kier alpha value is -4.44. The normalized spacial score (nSPS) is 11.1. The highest BCUT2D eigenvalue weighted by Gasteiger charge is 2.16. The van der Waals surface area contributed by atoms with Gasteiger partial charge in [-0.2, -0.15) is 0 Å². The van der Waals surface area contributed by atoms with Gasteiger partial charge in [0.15, 0.2) is 74.3 Å². The smallest absolute Gasteiger partial charge is 0.173 e. The molecule has 9 heteroatoms. The third kappa shape index (κ3) is 9.08. The number of pyridine rings is 3. The molecule has 7 rings (SSSR count). The van der Waals surface area contributed by atoms with Crippen LogP contribution in [-0.4, -0.2) is 15.0 Å². The molecule has 3 aromatic carbocycles. The lowest BCUT2D eigenvalue weighted by Gasteiger charge is -2.08. The summed E-state index contributed by atoms with van der Waals surface area (Å²) in [6.45, 7) is 2.35.